The molecule has 1 N–H and O–H groups in total. The van der Waals surface area contributed by atoms with Crippen LogP contribution >= 0.6 is 11.3 Å². The molecule has 1 saturated heterocycles. The first-order valence-electron chi connectivity index (χ1n) is 7.50. The van der Waals surface area contributed by atoms with Crippen LogP contribution in [0.3, 0.4) is 0 Å². The molecular weight excluding hydrogens is 300 g/mol. The summed E-state index contributed by atoms with van der Waals surface area (Å²) in [6.07, 6.45) is 2.40. The van der Waals surface area contributed by atoms with Gasteiger partial charge in [0.15, 0.2) is 5.78 Å². The Kier molecular flexibility index (Phi) is 3.40. The van der Waals surface area contributed by atoms with E-state index in [2.05, 4.69) is 5.32 Å². The van der Waals surface area contributed by atoms with Gasteiger partial charge in [0.1, 0.15) is 5.54 Å². The topological polar surface area (TPSA) is 66.5 Å². The van der Waals surface area contributed by atoms with E-state index in [1.807, 2.05) is 11.4 Å². The molecule has 1 aromatic heterocycles. The van der Waals surface area contributed by atoms with Gasteiger partial charge in [-0.2, -0.15) is 0 Å². The van der Waals surface area contributed by atoms with Crippen LogP contribution in [0.4, 0.5) is 4.79 Å². The molecule has 22 heavy (non-hydrogen) atoms. The highest BCUT2D eigenvalue weighted by Crippen LogP contribution is 2.42. The van der Waals surface area contributed by atoms with Crippen LogP contribution < -0.4 is 5.32 Å². The molecule has 1 aliphatic heterocycles. The van der Waals surface area contributed by atoms with Gasteiger partial charge in [-0.1, -0.05) is 20.8 Å². The summed E-state index contributed by atoms with van der Waals surface area (Å²) in [7, 11) is 0. The van der Waals surface area contributed by atoms with Crippen molar-refractivity contribution in [1.29, 1.82) is 0 Å². The zero-order valence-corrected chi connectivity index (χ0v) is 13.9. The third-order valence-corrected chi connectivity index (χ3v) is 5.46. The van der Waals surface area contributed by atoms with E-state index in [0.29, 0.717) is 6.42 Å². The Hall–Kier alpha value is -1.69. The Morgan fingerprint density at radius 2 is 2.14 bits per heavy atom. The Balaban J connectivity index is 1.92. The number of thiophene rings is 1. The molecule has 6 heteroatoms. The molecule has 1 spiro atoms. The number of ketones is 1. The molecule has 0 aromatic carbocycles. The number of nitrogens with one attached hydrogen (secondary N) is 1. The number of Topliss-reactive ketones (excluding diaryl/α,β-unsaturated/α-hetero) is 1. The second-order valence-corrected chi connectivity index (χ2v) is 8.01. The van der Waals surface area contributed by atoms with Crippen molar-refractivity contribution in [3.8, 4) is 0 Å². The number of aryl methyl sites for hydroxylation is 1. The normalized spacial score (nSPS) is 24.6. The fourth-order valence-corrected chi connectivity index (χ4v) is 4.07. The first-order valence-corrected chi connectivity index (χ1v) is 8.38. The quantitative estimate of drug-likeness (QED) is 0.851. The summed E-state index contributed by atoms with van der Waals surface area (Å²) < 4.78 is 0. The second-order valence-electron chi connectivity index (χ2n) is 7.01. The van der Waals surface area contributed by atoms with Gasteiger partial charge in [-0.15, -0.1) is 11.3 Å². The highest BCUT2D eigenvalue weighted by atomic mass is 32.1. The fourth-order valence-electron chi connectivity index (χ4n) is 3.07. The van der Waals surface area contributed by atoms with Crippen LogP contribution in [0, 0.1) is 5.41 Å². The molecule has 0 saturated carbocycles. The molecule has 2 heterocycles. The first-order chi connectivity index (χ1) is 10.3. The number of fused-ring (bicyclic) bond motifs is 2. The number of amides is 3. The van der Waals surface area contributed by atoms with E-state index in [-0.39, 0.29) is 18.2 Å². The van der Waals surface area contributed by atoms with Gasteiger partial charge in [-0.05, 0) is 30.7 Å². The summed E-state index contributed by atoms with van der Waals surface area (Å²) in [6, 6.07) is 1.47. The number of hydrogen-bond acceptors (Lipinski definition) is 4. The van der Waals surface area contributed by atoms with E-state index < -0.39 is 17.0 Å². The van der Waals surface area contributed by atoms with Gasteiger partial charge in [0.05, 0.1) is 6.54 Å². The summed E-state index contributed by atoms with van der Waals surface area (Å²) in [5.41, 5.74) is -0.619. The standard InChI is InChI=1S/C16H20N2O3S/c1-15(2,3)12(19)9-18-13(20)16(17-14(18)21)7-4-5-11-10(16)6-8-22-11/h6,8H,4-5,7,9H2,1-3H3,(H,17,21)/t16-/m1/s1. The van der Waals surface area contributed by atoms with Gasteiger partial charge in [0, 0.05) is 15.9 Å². The van der Waals surface area contributed by atoms with Gasteiger partial charge >= 0.3 is 6.03 Å². The third-order valence-electron chi connectivity index (χ3n) is 4.47. The van der Waals surface area contributed by atoms with Crippen LogP contribution in [0.5, 0.6) is 0 Å². The molecule has 118 valence electrons. The van der Waals surface area contributed by atoms with E-state index in [1.54, 1.807) is 32.1 Å². The zero-order valence-electron chi connectivity index (χ0n) is 13.1. The molecule has 0 bridgehead atoms. The summed E-state index contributed by atoms with van der Waals surface area (Å²) in [6.45, 7) is 5.22. The minimum absolute atomic E-state index is 0.116. The van der Waals surface area contributed by atoms with Gasteiger partial charge in [0.2, 0.25) is 0 Å². The lowest BCUT2D eigenvalue weighted by molar-refractivity contribution is -0.137. The molecule has 1 aliphatic carbocycles. The fraction of sp³-hybridized carbons (Fsp3) is 0.562. The highest BCUT2D eigenvalue weighted by molar-refractivity contribution is 7.10. The molecule has 1 aromatic rings. The number of carbonyl (C=O) groups excluding carboxylic acids is 3. The molecule has 1 fully saturated rings. The average Bonchev–Trinajstić information content (AvgIpc) is 2.99. The molecule has 3 amide bonds. The van der Waals surface area contributed by atoms with Gasteiger partial charge in [0.25, 0.3) is 5.91 Å². The molecule has 0 radical (unpaired) electrons. The predicted molar refractivity (Wildman–Crippen MR) is 83.6 cm³/mol. The maximum Gasteiger partial charge on any atom is 0.325 e. The van der Waals surface area contributed by atoms with Gasteiger partial charge in [-0.3, -0.25) is 14.5 Å². The number of carbonyl (C=O) groups is 3. The zero-order chi connectivity index (χ0) is 16.1. The number of rotatable bonds is 2. The monoisotopic (exact) mass is 320 g/mol. The van der Waals surface area contributed by atoms with Crippen molar-refractivity contribution in [3.63, 3.8) is 0 Å². The maximum absolute atomic E-state index is 12.9. The molecule has 0 unspecified atom stereocenters. The van der Waals surface area contributed by atoms with E-state index in [1.165, 1.54) is 0 Å². The molecule has 2 aliphatic rings. The van der Waals surface area contributed by atoms with Gasteiger partial charge in [-0.25, -0.2) is 4.79 Å². The summed E-state index contributed by atoms with van der Waals surface area (Å²) >= 11 is 1.62. The van der Waals surface area contributed by atoms with Crippen molar-refractivity contribution in [2.75, 3.05) is 6.54 Å². The van der Waals surface area contributed by atoms with Crippen molar-refractivity contribution in [3.05, 3.63) is 21.9 Å². The second kappa shape index (κ2) is 4.91. The minimum Gasteiger partial charge on any atom is -0.319 e. The largest absolute Gasteiger partial charge is 0.325 e. The van der Waals surface area contributed by atoms with Crippen LogP contribution in [0.1, 0.15) is 44.1 Å². The van der Waals surface area contributed by atoms with Crippen molar-refractivity contribution < 1.29 is 14.4 Å². The maximum atomic E-state index is 12.9. The Bertz CT molecular complexity index is 659. The van der Waals surface area contributed by atoms with Crippen molar-refractivity contribution in [2.45, 2.75) is 45.6 Å². The summed E-state index contributed by atoms with van der Waals surface area (Å²) in [4.78, 5) is 39.7. The number of nitrogens with zero attached hydrogens (tertiary/aromatic N) is 1. The van der Waals surface area contributed by atoms with Crippen LogP contribution in [0.25, 0.3) is 0 Å². The molecule has 3 rings (SSSR count). The van der Waals surface area contributed by atoms with Crippen molar-refractivity contribution in [1.82, 2.24) is 10.2 Å². The molecule has 5 nitrogen and oxygen atoms in total. The molecular formula is C16H20N2O3S. The van der Waals surface area contributed by atoms with Crippen LogP contribution in [0.15, 0.2) is 11.4 Å². The SMILES string of the molecule is CC(C)(C)C(=O)CN1C(=O)N[C@@]2(CCCc3sccc32)C1=O. The van der Waals surface area contributed by atoms with E-state index in [9.17, 15) is 14.4 Å². The predicted octanol–water partition coefficient (Wildman–Crippen LogP) is 2.45. The Morgan fingerprint density at radius 3 is 2.82 bits per heavy atom. The smallest absolute Gasteiger partial charge is 0.319 e. The van der Waals surface area contributed by atoms with Gasteiger partial charge < -0.3 is 5.32 Å². The van der Waals surface area contributed by atoms with Crippen molar-refractivity contribution >= 4 is 29.1 Å². The average molecular weight is 320 g/mol. The van der Waals surface area contributed by atoms with E-state index >= 15 is 0 Å². The van der Waals surface area contributed by atoms with E-state index in [0.717, 1.165) is 28.2 Å². The lowest BCUT2D eigenvalue weighted by Gasteiger charge is -2.31. The summed E-state index contributed by atoms with van der Waals surface area (Å²) in [5.74, 6) is -0.399. The number of imide groups is 1. The number of urea groups is 1. The number of hydrogen-bond donors (Lipinski definition) is 1. The third kappa shape index (κ3) is 2.17. The summed E-state index contributed by atoms with van der Waals surface area (Å²) in [5, 5.41) is 4.82. The first kappa shape index (κ1) is 15.2. The van der Waals surface area contributed by atoms with Crippen LogP contribution in [-0.4, -0.2) is 29.2 Å². The lowest BCUT2D eigenvalue weighted by Crippen LogP contribution is -2.46. The van der Waals surface area contributed by atoms with Crippen molar-refractivity contribution in [2.24, 2.45) is 5.41 Å². The van der Waals surface area contributed by atoms with Crippen LogP contribution in [-0.2, 0) is 21.5 Å². The Labute approximate surface area is 133 Å². The Morgan fingerprint density at radius 1 is 1.41 bits per heavy atom. The highest BCUT2D eigenvalue weighted by Gasteiger charge is 2.54. The van der Waals surface area contributed by atoms with Crippen LogP contribution in [0.2, 0.25) is 0 Å². The lowest BCUT2D eigenvalue weighted by atomic mass is 9.80. The van der Waals surface area contributed by atoms with E-state index in [4.69, 9.17) is 0 Å². The molecule has 1 atom stereocenters. The minimum atomic E-state index is -0.956.